The summed E-state index contributed by atoms with van der Waals surface area (Å²) in [4.78, 5) is 9.25. The molecule has 7 heteroatoms. The van der Waals surface area contributed by atoms with Crippen LogP contribution >= 0.6 is 11.3 Å². The monoisotopic (exact) mass is 298 g/mol. The number of rotatable bonds is 4. The van der Waals surface area contributed by atoms with Crippen LogP contribution in [0.25, 0.3) is 0 Å². The van der Waals surface area contributed by atoms with Gasteiger partial charge in [-0.3, -0.25) is 0 Å². The van der Waals surface area contributed by atoms with Crippen LogP contribution < -0.4 is 10.6 Å². The third-order valence-corrected chi connectivity index (χ3v) is 4.11. The largest absolute Gasteiger partial charge is 0.371 e. The molecule has 0 amide bonds. The van der Waals surface area contributed by atoms with Gasteiger partial charge < -0.3 is 10.6 Å². The Bertz CT molecular complexity index is 627. The van der Waals surface area contributed by atoms with E-state index in [0.29, 0.717) is 0 Å². The number of hydrogen-bond donors (Lipinski definition) is 2. The fourth-order valence-corrected chi connectivity index (χ4v) is 2.89. The van der Waals surface area contributed by atoms with Gasteiger partial charge >= 0.3 is 0 Å². The maximum atomic E-state index is 13.7. The van der Waals surface area contributed by atoms with Crippen LogP contribution in [0, 0.1) is 25.5 Å². The molecule has 108 valence electrons. The van der Waals surface area contributed by atoms with Crippen molar-refractivity contribution in [2.45, 2.75) is 26.8 Å². The summed E-state index contributed by atoms with van der Waals surface area (Å²) in [5.74, 6) is -1.40. The molecular weight excluding hydrogens is 282 g/mol. The van der Waals surface area contributed by atoms with Gasteiger partial charge in [-0.05, 0) is 20.8 Å². The number of aromatic nitrogens is 2. The first-order valence-corrected chi connectivity index (χ1v) is 6.98. The molecule has 2 aromatic rings. The van der Waals surface area contributed by atoms with E-state index in [4.69, 9.17) is 0 Å². The SMILES string of the molecule is CNc1nc(NC(C)c2sc(C)nc2C)c(F)cc1F. The van der Waals surface area contributed by atoms with E-state index in [2.05, 4.69) is 20.6 Å². The molecule has 0 spiro atoms. The minimum atomic E-state index is -0.716. The first kappa shape index (κ1) is 14.6. The third kappa shape index (κ3) is 2.87. The topological polar surface area (TPSA) is 49.8 Å². The van der Waals surface area contributed by atoms with Crippen molar-refractivity contribution in [1.82, 2.24) is 9.97 Å². The van der Waals surface area contributed by atoms with E-state index in [1.165, 1.54) is 7.05 Å². The van der Waals surface area contributed by atoms with Crippen molar-refractivity contribution in [2.24, 2.45) is 0 Å². The summed E-state index contributed by atoms with van der Waals surface area (Å²) in [5, 5.41) is 6.50. The zero-order chi connectivity index (χ0) is 14.9. The lowest BCUT2D eigenvalue weighted by atomic mass is 10.2. The molecule has 20 heavy (non-hydrogen) atoms. The van der Waals surface area contributed by atoms with Gasteiger partial charge in [0.05, 0.1) is 16.7 Å². The molecule has 0 aromatic carbocycles. The van der Waals surface area contributed by atoms with Gasteiger partial charge in [-0.1, -0.05) is 0 Å². The molecule has 0 saturated heterocycles. The zero-order valence-corrected chi connectivity index (χ0v) is 12.5. The van der Waals surface area contributed by atoms with Gasteiger partial charge in [0.15, 0.2) is 23.3 Å². The molecule has 2 aromatic heterocycles. The fraction of sp³-hybridized carbons (Fsp3) is 0.385. The Hall–Kier alpha value is -1.76. The highest BCUT2D eigenvalue weighted by Gasteiger charge is 2.17. The minimum Gasteiger partial charge on any atom is -0.371 e. The van der Waals surface area contributed by atoms with Crippen molar-refractivity contribution < 1.29 is 8.78 Å². The van der Waals surface area contributed by atoms with Crippen molar-refractivity contribution in [3.05, 3.63) is 33.3 Å². The molecule has 2 heterocycles. The fourth-order valence-electron chi connectivity index (χ4n) is 1.96. The Labute approximate surface area is 120 Å². The van der Waals surface area contributed by atoms with Gasteiger partial charge in [-0.15, -0.1) is 11.3 Å². The lowest BCUT2D eigenvalue weighted by molar-refractivity contribution is 0.577. The highest BCUT2D eigenvalue weighted by atomic mass is 32.1. The molecule has 1 atom stereocenters. The van der Waals surface area contributed by atoms with E-state index < -0.39 is 11.6 Å². The first-order valence-electron chi connectivity index (χ1n) is 6.16. The number of hydrogen-bond acceptors (Lipinski definition) is 5. The summed E-state index contributed by atoms with van der Waals surface area (Å²) < 4.78 is 27.1. The standard InChI is InChI=1S/C13H16F2N4S/c1-6-11(20-8(3)17-6)7(2)18-13-10(15)5-9(14)12(16-4)19-13/h5,7H,1-4H3,(H2,16,18,19). The van der Waals surface area contributed by atoms with Gasteiger partial charge in [-0.25, -0.2) is 18.7 Å². The van der Waals surface area contributed by atoms with Crippen LogP contribution in [-0.4, -0.2) is 17.0 Å². The minimum absolute atomic E-state index is 0.0123. The molecule has 0 aliphatic carbocycles. The van der Waals surface area contributed by atoms with Gasteiger partial charge in [0.1, 0.15) is 0 Å². The highest BCUT2D eigenvalue weighted by Crippen LogP contribution is 2.28. The average molecular weight is 298 g/mol. The van der Waals surface area contributed by atoms with E-state index in [1.807, 2.05) is 20.8 Å². The van der Waals surface area contributed by atoms with Crippen molar-refractivity contribution in [3.8, 4) is 0 Å². The van der Waals surface area contributed by atoms with E-state index >= 15 is 0 Å². The molecule has 2 rings (SSSR count). The number of halogens is 2. The Morgan fingerprint density at radius 3 is 2.35 bits per heavy atom. The molecule has 0 bridgehead atoms. The van der Waals surface area contributed by atoms with Crippen molar-refractivity contribution in [3.63, 3.8) is 0 Å². The maximum absolute atomic E-state index is 13.7. The molecular formula is C13H16F2N4S. The van der Waals surface area contributed by atoms with Gasteiger partial charge in [0.2, 0.25) is 0 Å². The number of aryl methyl sites for hydroxylation is 2. The summed E-state index contributed by atoms with van der Waals surface area (Å²) in [6.07, 6.45) is 0. The normalized spacial score (nSPS) is 12.3. The lowest BCUT2D eigenvalue weighted by Crippen LogP contribution is -2.11. The summed E-state index contributed by atoms with van der Waals surface area (Å²) in [7, 11) is 1.53. The predicted molar refractivity (Wildman–Crippen MR) is 77.3 cm³/mol. The highest BCUT2D eigenvalue weighted by molar-refractivity contribution is 7.11. The summed E-state index contributed by atoms with van der Waals surface area (Å²) in [5.41, 5.74) is 0.906. The summed E-state index contributed by atoms with van der Waals surface area (Å²) in [6, 6.07) is 0.664. The predicted octanol–water partition coefficient (Wildman–Crippen LogP) is 3.65. The van der Waals surface area contributed by atoms with Crippen LogP contribution in [-0.2, 0) is 0 Å². The smallest absolute Gasteiger partial charge is 0.168 e. The number of nitrogens with one attached hydrogen (secondary N) is 2. The lowest BCUT2D eigenvalue weighted by Gasteiger charge is -2.15. The first-order chi connectivity index (χ1) is 9.42. The zero-order valence-electron chi connectivity index (χ0n) is 11.7. The molecule has 2 N–H and O–H groups in total. The van der Waals surface area contributed by atoms with Crippen molar-refractivity contribution in [2.75, 3.05) is 17.7 Å². The molecule has 4 nitrogen and oxygen atoms in total. The second kappa shape index (κ2) is 5.70. The van der Waals surface area contributed by atoms with Crippen LogP contribution in [0.2, 0.25) is 0 Å². The second-order valence-electron chi connectivity index (χ2n) is 4.45. The van der Waals surface area contributed by atoms with Crippen LogP contribution in [0.15, 0.2) is 6.07 Å². The molecule has 0 radical (unpaired) electrons. The average Bonchev–Trinajstić information content (AvgIpc) is 2.71. The Morgan fingerprint density at radius 1 is 1.15 bits per heavy atom. The quantitative estimate of drug-likeness (QED) is 0.904. The Balaban J connectivity index is 2.27. The number of thiazole rings is 1. The molecule has 0 aliphatic heterocycles. The van der Waals surface area contributed by atoms with Crippen molar-refractivity contribution >= 4 is 23.0 Å². The van der Waals surface area contributed by atoms with Gasteiger partial charge in [0, 0.05) is 18.0 Å². The molecule has 0 aliphatic rings. The third-order valence-electron chi connectivity index (χ3n) is 2.85. The van der Waals surface area contributed by atoms with E-state index in [-0.39, 0.29) is 17.7 Å². The summed E-state index contributed by atoms with van der Waals surface area (Å²) in [6.45, 7) is 5.72. The van der Waals surface area contributed by atoms with Crippen LogP contribution in [0.5, 0.6) is 0 Å². The molecule has 0 fully saturated rings. The number of nitrogens with zero attached hydrogens (tertiary/aromatic N) is 2. The Kier molecular flexibility index (Phi) is 4.17. The second-order valence-corrected chi connectivity index (χ2v) is 5.68. The molecule has 0 saturated carbocycles. The molecule has 1 unspecified atom stereocenters. The van der Waals surface area contributed by atoms with E-state index in [9.17, 15) is 8.78 Å². The number of pyridine rings is 1. The van der Waals surface area contributed by atoms with Crippen molar-refractivity contribution in [1.29, 1.82) is 0 Å². The van der Waals surface area contributed by atoms with Gasteiger partial charge in [-0.2, -0.15) is 0 Å². The van der Waals surface area contributed by atoms with E-state index in [0.717, 1.165) is 21.6 Å². The Morgan fingerprint density at radius 2 is 1.80 bits per heavy atom. The van der Waals surface area contributed by atoms with Gasteiger partial charge in [0.25, 0.3) is 0 Å². The van der Waals surface area contributed by atoms with Crippen LogP contribution in [0.4, 0.5) is 20.4 Å². The summed E-state index contributed by atoms with van der Waals surface area (Å²) >= 11 is 1.55. The maximum Gasteiger partial charge on any atom is 0.168 e. The van der Waals surface area contributed by atoms with E-state index in [1.54, 1.807) is 11.3 Å². The van der Waals surface area contributed by atoms with Crippen LogP contribution in [0.3, 0.4) is 0 Å². The van der Waals surface area contributed by atoms with Crippen LogP contribution in [0.1, 0.15) is 28.5 Å². The number of anilines is 2.